The summed E-state index contributed by atoms with van der Waals surface area (Å²) >= 11 is 0. The number of ketones is 1. The average molecular weight is 153 g/mol. The first-order chi connectivity index (χ1) is 5.34. The van der Waals surface area contributed by atoms with E-state index in [1.165, 1.54) is 19.0 Å². The lowest BCUT2D eigenvalue weighted by atomic mass is 9.96. The van der Waals surface area contributed by atoms with Crippen LogP contribution in [-0.4, -0.2) is 5.78 Å². The Morgan fingerprint density at radius 3 is 2.36 bits per heavy atom. The molecule has 0 radical (unpaired) electrons. The first-order valence-corrected chi connectivity index (χ1v) is 4.28. The highest BCUT2D eigenvalue weighted by Crippen LogP contribution is 2.17. The van der Waals surface area contributed by atoms with E-state index in [1.54, 1.807) is 0 Å². The molecule has 0 aromatic rings. The molecule has 0 spiro atoms. The van der Waals surface area contributed by atoms with Crippen molar-refractivity contribution >= 4 is 5.78 Å². The van der Waals surface area contributed by atoms with Crippen molar-refractivity contribution < 1.29 is 4.79 Å². The number of nitrogens with two attached hydrogens (primary N) is 1. The SMILES string of the molecule is N/C=C1/CCCCCCC1=O. The van der Waals surface area contributed by atoms with Gasteiger partial charge in [-0.1, -0.05) is 12.8 Å². The van der Waals surface area contributed by atoms with Gasteiger partial charge in [-0.2, -0.15) is 0 Å². The summed E-state index contributed by atoms with van der Waals surface area (Å²) in [5.41, 5.74) is 6.17. The molecule has 2 N–H and O–H groups in total. The van der Waals surface area contributed by atoms with Gasteiger partial charge in [0, 0.05) is 18.2 Å². The molecule has 2 heteroatoms. The Balaban J connectivity index is 2.53. The molecular weight excluding hydrogens is 138 g/mol. The zero-order valence-electron chi connectivity index (χ0n) is 6.81. The molecule has 11 heavy (non-hydrogen) atoms. The number of rotatable bonds is 0. The summed E-state index contributed by atoms with van der Waals surface area (Å²) in [4.78, 5) is 11.2. The summed E-state index contributed by atoms with van der Waals surface area (Å²) in [6.45, 7) is 0. The molecule has 0 saturated heterocycles. The van der Waals surface area contributed by atoms with Gasteiger partial charge in [0.2, 0.25) is 0 Å². The van der Waals surface area contributed by atoms with Gasteiger partial charge < -0.3 is 5.73 Å². The zero-order chi connectivity index (χ0) is 8.10. The van der Waals surface area contributed by atoms with Crippen LogP contribution in [0.2, 0.25) is 0 Å². The molecule has 2 nitrogen and oxygen atoms in total. The Kier molecular flexibility index (Phi) is 3.14. The van der Waals surface area contributed by atoms with E-state index in [-0.39, 0.29) is 5.78 Å². The fourth-order valence-corrected chi connectivity index (χ4v) is 1.43. The van der Waals surface area contributed by atoms with Crippen LogP contribution in [0, 0.1) is 0 Å². The highest BCUT2D eigenvalue weighted by molar-refractivity contribution is 5.95. The molecule has 1 fully saturated rings. The number of hydrogen-bond donors (Lipinski definition) is 1. The molecule has 0 aliphatic heterocycles. The van der Waals surface area contributed by atoms with Gasteiger partial charge in [0.25, 0.3) is 0 Å². The summed E-state index contributed by atoms with van der Waals surface area (Å²) in [7, 11) is 0. The number of carbonyl (C=O) groups is 1. The first kappa shape index (κ1) is 8.31. The van der Waals surface area contributed by atoms with Gasteiger partial charge in [0.1, 0.15) is 0 Å². The highest BCUT2D eigenvalue weighted by Gasteiger charge is 2.10. The minimum atomic E-state index is 0.257. The Hall–Kier alpha value is -0.790. The van der Waals surface area contributed by atoms with Crippen LogP contribution in [0.25, 0.3) is 0 Å². The summed E-state index contributed by atoms with van der Waals surface area (Å²) < 4.78 is 0. The highest BCUT2D eigenvalue weighted by atomic mass is 16.1. The van der Waals surface area contributed by atoms with Crippen molar-refractivity contribution in [3.63, 3.8) is 0 Å². The van der Waals surface area contributed by atoms with Gasteiger partial charge in [-0.3, -0.25) is 4.79 Å². The third-order valence-electron chi connectivity index (χ3n) is 2.16. The second kappa shape index (κ2) is 4.16. The van der Waals surface area contributed by atoms with Gasteiger partial charge in [-0.15, -0.1) is 0 Å². The van der Waals surface area contributed by atoms with Crippen molar-refractivity contribution in [2.45, 2.75) is 38.5 Å². The largest absolute Gasteiger partial charge is 0.404 e. The molecule has 0 aromatic heterocycles. The molecule has 0 amide bonds. The monoisotopic (exact) mass is 153 g/mol. The average Bonchev–Trinajstić information content (AvgIpc) is 1.98. The number of Topliss-reactive ketones (excluding diaryl/α,β-unsaturated/α-hetero) is 1. The van der Waals surface area contributed by atoms with Gasteiger partial charge in [-0.05, 0) is 19.3 Å². The smallest absolute Gasteiger partial charge is 0.160 e. The van der Waals surface area contributed by atoms with Gasteiger partial charge in [0.15, 0.2) is 5.78 Å². The van der Waals surface area contributed by atoms with Crippen molar-refractivity contribution in [2.75, 3.05) is 0 Å². The third kappa shape index (κ3) is 2.37. The van der Waals surface area contributed by atoms with E-state index in [4.69, 9.17) is 5.73 Å². The second-order valence-corrected chi connectivity index (χ2v) is 3.03. The first-order valence-electron chi connectivity index (χ1n) is 4.28. The topological polar surface area (TPSA) is 43.1 Å². The summed E-state index contributed by atoms with van der Waals surface area (Å²) in [5, 5.41) is 0. The standard InChI is InChI=1S/C9H15NO/c10-7-8-5-3-1-2-4-6-9(8)11/h7H,1-6,10H2/b8-7-. The van der Waals surface area contributed by atoms with Crippen molar-refractivity contribution in [1.29, 1.82) is 0 Å². The van der Waals surface area contributed by atoms with E-state index in [1.807, 2.05) is 0 Å². The maximum Gasteiger partial charge on any atom is 0.160 e. The molecule has 0 unspecified atom stereocenters. The van der Waals surface area contributed by atoms with Crippen molar-refractivity contribution in [3.05, 3.63) is 11.8 Å². The predicted octanol–water partition coefficient (Wildman–Crippen LogP) is 1.75. The fourth-order valence-electron chi connectivity index (χ4n) is 1.43. The molecule has 1 aliphatic rings. The fraction of sp³-hybridized carbons (Fsp3) is 0.667. The summed E-state index contributed by atoms with van der Waals surface area (Å²) in [5.74, 6) is 0.257. The second-order valence-electron chi connectivity index (χ2n) is 3.03. The zero-order valence-corrected chi connectivity index (χ0v) is 6.81. The van der Waals surface area contributed by atoms with Crippen molar-refractivity contribution in [2.24, 2.45) is 5.73 Å². The molecule has 1 saturated carbocycles. The van der Waals surface area contributed by atoms with Crippen LogP contribution in [0.15, 0.2) is 11.8 Å². The Bertz CT molecular complexity index is 172. The van der Waals surface area contributed by atoms with Crippen LogP contribution in [0.4, 0.5) is 0 Å². The summed E-state index contributed by atoms with van der Waals surface area (Å²) in [6, 6.07) is 0. The van der Waals surface area contributed by atoms with Crippen LogP contribution in [-0.2, 0) is 4.79 Å². The number of carbonyl (C=O) groups excluding carboxylic acids is 1. The molecule has 62 valence electrons. The molecule has 1 rings (SSSR count). The van der Waals surface area contributed by atoms with Gasteiger partial charge >= 0.3 is 0 Å². The number of allylic oxidation sites excluding steroid dienone is 1. The van der Waals surface area contributed by atoms with Crippen molar-refractivity contribution in [3.8, 4) is 0 Å². The molecule has 0 atom stereocenters. The van der Waals surface area contributed by atoms with Crippen LogP contribution in [0.1, 0.15) is 38.5 Å². The molecule has 0 bridgehead atoms. The lowest BCUT2D eigenvalue weighted by molar-refractivity contribution is -0.116. The van der Waals surface area contributed by atoms with Crippen LogP contribution >= 0.6 is 0 Å². The summed E-state index contributed by atoms with van der Waals surface area (Å²) in [6.07, 6.45) is 7.66. The lowest BCUT2D eigenvalue weighted by Gasteiger charge is -2.09. The molecular formula is C9H15NO. The Morgan fingerprint density at radius 1 is 1.09 bits per heavy atom. The minimum Gasteiger partial charge on any atom is -0.404 e. The van der Waals surface area contributed by atoms with E-state index < -0.39 is 0 Å². The van der Waals surface area contributed by atoms with Gasteiger partial charge in [-0.25, -0.2) is 0 Å². The predicted molar refractivity (Wildman–Crippen MR) is 45.0 cm³/mol. The van der Waals surface area contributed by atoms with E-state index in [0.717, 1.165) is 24.8 Å². The molecule has 0 aromatic carbocycles. The third-order valence-corrected chi connectivity index (χ3v) is 2.16. The normalized spacial score (nSPS) is 24.7. The minimum absolute atomic E-state index is 0.257. The number of hydrogen-bond acceptors (Lipinski definition) is 2. The quantitative estimate of drug-likeness (QED) is 0.539. The van der Waals surface area contributed by atoms with Gasteiger partial charge in [0.05, 0.1) is 0 Å². The van der Waals surface area contributed by atoms with Crippen LogP contribution < -0.4 is 5.73 Å². The van der Waals surface area contributed by atoms with Crippen molar-refractivity contribution in [1.82, 2.24) is 0 Å². The van der Waals surface area contributed by atoms with Crippen LogP contribution in [0.3, 0.4) is 0 Å². The Labute approximate surface area is 67.5 Å². The Morgan fingerprint density at radius 2 is 1.73 bits per heavy atom. The van der Waals surface area contributed by atoms with E-state index >= 15 is 0 Å². The maximum atomic E-state index is 11.2. The molecule has 0 heterocycles. The lowest BCUT2D eigenvalue weighted by Crippen LogP contribution is -2.07. The van der Waals surface area contributed by atoms with E-state index in [9.17, 15) is 4.79 Å². The van der Waals surface area contributed by atoms with E-state index in [2.05, 4.69) is 0 Å². The maximum absolute atomic E-state index is 11.2. The van der Waals surface area contributed by atoms with E-state index in [0.29, 0.717) is 6.42 Å². The molecule has 1 aliphatic carbocycles. The van der Waals surface area contributed by atoms with Crippen LogP contribution in [0.5, 0.6) is 0 Å².